The molecule has 27 heavy (non-hydrogen) atoms. The van der Waals surface area contributed by atoms with Gasteiger partial charge in [0.15, 0.2) is 11.9 Å². The van der Waals surface area contributed by atoms with Crippen molar-refractivity contribution in [2.24, 2.45) is 0 Å². The maximum atomic E-state index is 12.6. The van der Waals surface area contributed by atoms with Crippen molar-refractivity contribution in [1.82, 2.24) is 0 Å². The van der Waals surface area contributed by atoms with Crippen LogP contribution in [0.3, 0.4) is 0 Å². The van der Waals surface area contributed by atoms with Crippen molar-refractivity contribution in [1.29, 1.82) is 0 Å². The van der Waals surface area contributed by atoms with E-state index in [0.29, 0.717) is 22.9 Å². The van der Waals surface area contributed by atoms with Crippen LogP contribution in [0.25, 0.3) is 0 Å². The lowest BCUT2D eigenvalue weighted by molar-refractivity contribution is -0.122. The van der Waals surface area contributed by atoms with Gasteiger partial charge in [-0.05, 0) is 62.2 Å². The molecule has 1 atom stereocenters. The highest BCUT2D eigenvalue weighted by molar-refractivity contribution is 5.95. The number of para-hydroxylation sites is 3. The Labute approximate surface area is 159 Å². The SMILES string of the molecule is Cc1cccc(O[C@H](C)C(=O)Nc2ccccc2Oc2ccccc2)c1C. The van der Waals surface area contributed by atoms with Crippen LogP contribution >= 0.6 is 0 Å². The van der Waals surface area contributed by atoms with Crippen LogP contribution in [0.1, 0.15) is 18.1 Å². The van der Waals surface area contributed by atoms with Gasteiger partial charge in [0.1, 0.15) is 11.5 Å². The summed E-state index contributed by atoms with van der Waals surface area (Å²) in [6.07, 6.45) is -0.643. The summed E-state index contributed by atoms with van der Waals surface area (Å²) in [7, 11) is 0. The highest BCUT2D eigenvalue weighted by Gasteiger charge is 2.18. The molecular weight excluding hydrogens is 338 g/mol. The molecule has 0 heterocycles. The number of aryl methyl sites for hydroxylation is 1. The van der Waals surface area contributed by atoms with Gasteiger partial charge in [-0.2, -0.15) is 0 Å². The van der Waals surface area contributed by atoms with Gasteiger partial charge < -0.3 is 14.8 Å². The molecule has 3 aromatic carbocycles. The number of ether oxygens (including phenoxy) is 2. The first-order chi connectivity index (χ1) is 13.0. The summed E-state index contributed by atoms with van der Waals surface area (Å²) in [5.41, 5.74) is 2.76. The van der Waals surface area contributed by atoms with Crippen molar-refractivity contribution in [3.63, 3.8) is 0 Å². The first-order valence-corrected chi connectivity index (χ1v) is 8.90. The molecule has 0 aromatic heterocycles. The second-order valence-corrected chi connectivity index (χ2v) is 6.36. The lowest BCUT2D eigenvalue weighted by Gasteiger charge is -2.18. The van der Waals surface area contributed by atoms with Crippen LogP contribution in [0.2, 0.25) is 0 Å². The zero-order chi connectivity index (χ0) is 19.2. The van der Waals surface area contributed by atoms with Crippen LogP contribution in [0.15, 0.2) is 72.8 Å². The van der Waals surface area contributed by atoms with Gasteiger partial charge in [0.2, 0.25) is 0 Å². The molecule has 0 saturated carbocycles. The van der Waals surface area contributed by atoms with Gasteiger partial charge in [-0.3, -0.25) is 4.79 Å². The van der Waals surface area contributed by atoms with E-state index in [0.717, 1.165) is 11.1 Å². The van der Waals surface area contributed by atoms with Crippen molar-refractivity contribution in [2.75, 3.05) is 5.32 Å². The fraction of sp³-hybridized carbons (Fsp3) is 0.174. The zero-order valence-corrected chi connectivity index (χ0v) is 15.7. The maximum Gasteiger partial charge on any atom is 0.265 e. The molecule has 0 saturated heterocycles. The predicted molar refractivity (Wildman–Crippen MR) is 108 cm³/mol. The van der Waals surface area contributed by atoms with Gasteiger partial charge in [-0.15, -0.1) is 0 Å². The van der Waals surface area contributed by atoms with Crippen LogP contribution in [-0.4, -0.2) is 12.0 Å². The standard InChI is InChI=1S/C23H23NO3/c1-16-10-9-15-21(17(16)2)26-18(3)23(25)24-20-13-7-8-14-22(20)27-19-11-5-4-6-12-19/h4-15,18H,1-3H3,(H,24,25)/t18-/m1/s1. The molecule has 0 radical (unpaired) electrons. The van der Waals surface area contributed by atoms with Crippen LogP contribution in [0, 0.1) is 13.8 Å². The fourth-order valence-electron chi connectivity index (χ4n) is 2.60. The molecule has 4 heteroatoms. The minimum absolute atomic E-state index is 0.236. The molecule has 138 valence electrons. The van der Waals surface area contributed by atoms with Crippen LogP contribution in [-0.2, 0) is 4.79 Å². The number of hydrogen-bond donors (Lipinski definition) is 1. The highest BCUT2D eigenvalue weighted by Crippen LogP contribution is 2.29. The molecule has 0 aliphatic carbocycles. The third-order valence-corrected chi connectivity index (χ3v) is 4.34. The smallest absolute Gasteiger partial charge is 0.265 e. The highest BCUT2D eigenvalue weighted by atomic mass is 16.5. The third kappa shape index (κ3) is 4.67. The number of amides is 1. The Morgan fingerprint density at radius 1 is 0.852 bits per heavy atom. The van der Waals surface area contributed by atoms with Gasteiger partial charge in [0.25, 0.3) is 5.91 Å². The molecule has 1 N–H and O–H groups in total. The van der Waals surface area contributed by atoms with Gasteiger partial charge >= 0.3 is 0 Å². The van der Waals surface area contributed by atoms with Crippen molar-refractivity contribution < 1.29 is 14.3 Å². The predicted octanol–water partition coefficient (Wildman–Crippen LogP) is 5.50. The summed E-state index contributed by atoms with van der Waals surface area (Å²) in [5, 5.41) is 2.90. The van der Waals surface area contributed by atoms with Crippen molar-refractivity contribution >= 4 is 11.6 Å². The van der Waals surface area contributed by atoms with Crippen LogP contribution < -0.4 is 14.8 Å². The fourth-order valence-corrected chi connectivity index (χ4v) is 2.60. The van der Waals surface area contributed by atoms with Gasteiger partial charge in [-0.1, -0.05) is 42.5 Å². The van der Waals surface area contributed by atoms with Crippen LogP contribution in [0.4, 0.5) is 5.69 Å². The summed E-state index contributed by atoms with van der Waals surface area (Å²) < 4.78 is 11.8. The minimum Gasteiger partial charge on any atom is -0.481 e. The number of nitrogens with one attached hydrogen (secondary N) is 1. The van der Waals surface area contributed by atoms with Gasteiger partial charge in [-0.25, -0.2) is 0 Å². The Bertz CT molecular complexity index is 922. The number of hydrogen-bond acceptors (Lipinski definition) is 3. The maximum absolute atomic E-state index is 12.6. The van der Waals surface area contributed by atoms with E-state index in [2.05, 4.69) is 5.32 Å². The minimum atomic E-state index is -0.643. The van der Waals surface area contributed by atoms with E-state index in [9.17, 15) is 4.79 Å². The third-order valence-electron chi connectivity index (χ3n) is 4.34. The average molecular weight is 361 g/mol. The topological polar surface area (TPSA) is 47.6 Å². The summed E-state index contributed by atoms with van der Waals surface area (Å²) in [6, 6.07) is 22.6. The average Bonchev–Trinajstić information content (AvgIpc) is 2.67. The molecule has 1 amide bonds. The molecule has 4 nitrogen and oxygen atoms in total. The quantitative estimate of drug-likeness (QED) is 0.630. The van der Waals surface area contributed by atoms with Crippen molar-refractivity contribution in [3.05, 3.63) is 83.9 Å². The molecular formula is C23H23NO3. The van der Waals surface area contributed by atoms with Crippen molar-refractivity contribution in [3.8, 4) is 17.2 Å². The second-order valence-electron chi connectivity index (χ2n) is 6.36. The Hall–Kier alpha value is -3.27. The van der Waals surface area contributed by atoms with Gasteiger partial charge in [0, 0.05) is 0 Å². The van der Waals surface area contributed by atoms with Gasteiger partial charge in [0.05, 0.1) is 5.69 Å². The lowest BCUT2D eigenvalue weighted by atomic mass is 10.1. The Morgan fingerprint density at radius 2 is 1.52 bits per heavy atom. The van der Waals surface area contributed by atoms with Crippen LogP contribution in [0.5, 0.6) is 17.2 Å². The first kappa shape index (κ1) is 18.5. The zero-order valence-electron chi connectivity index (χ0n) is 15.7. The molecule has 3 rings (SSSR count). The molecule has 0 unspecified atom stereocenters. The number of benzene rings is 3. The molecule has 0 aliphatic rings. The van der Waals surface area contributed by atoms with E-state index in [4.69, 9.17) is 9.47 Å². The van der Waals surface area contributed by atoms with E-state index in [1.54, 1.807) is 13.0 Å². The largest absolute Gasteiger partial charge is 0.481 e. The summed E-state index contributed by atoms with van der Waals surface area (Å²) in [5.74, 6) is 1.77. The van der Waals surface area contributed by atoms with E-state index < -0.39 is 6.10 Å². The van der Waals surface area contributed by atoms with E-state index in [1.165, 1.54) is 0 Å². The Morgan fingerprint density at radius 3 is 2.30 bits per heavy atom. The number of carbonyl (C=O) groups is 1. The molecule has 0 bridgehead atoms. The van der Waals surface area contributed by atoms with Crippen molar-refractivity contribution in [2.45, 2.75) is 26.9 Å². The first-order valence-electron chi connectivity index (χ1n) is 8.90. The molecule has 0 aliphatic heterocycles. The lowest BCUT2D eigenvalue weighted by Crippen LogP contribution is -2.30. The van der Waals surface area contributed by atoms with E-state index >= 15 is 0 Å². The normalized spacial score (nSPS) is 11.5. The van der Waals surface area contributed by atoms with E-state index in [-0.39, 0.29) is 5.91 Å². The molecule has 0 fully saturated rings. The Balaban J connectivity index is 1.71. The summed E-state index contributed by atoms with van der Waals surface area (Å²) in [6.45, 7) is 5.74. The second kappa shape index (κ2) is 8.41. The number of rotatable bonds is 6. The molecule has 3 aromatic rings. The number of carbonyl (C=O) groups excluding carboxylic acids is 1. The Kier molecular flexibility index (Phi) is 5.77. The molecule has 0 spiro atoms. The van der Waals surface area contributed by atoms with E-state index in [1.807, 2.05) is 80.6 Å². The summed E-state index contributed by atoms with van der Waals surface area (Å²) in [4.78, 5) is 12.6. The number of anilines is 1. The monoisotopic (exact) mass is 361 g/mol. The summed E-state index contributed by atoms with van der Waals surface area (Å²) >= 11 is 0.